The van der Waals surface area contributed by atoms with Gasteiger partial charge in [-0.1, -0.05) is 35.5 Å². The van der Waals surface area contributed by atoms with Crippen LogP contribution in [0, 0.1) is 6.92 Å². The number of hydrogen-bond donors (Lipinski definition) is 3. The number of nitrogens with one attached hydrogen (secondary N) is 2. The fourth-order valence-corrected chi connectivity index (χ4v) is 3.11. The van der Waals surface area contributed by atoms with Gasteiger partial charge in [0.15, 0.2) is 0 Å². The highest BCUT2D eigenvalue weighted by atomic mass is 16.5. The number of piperidine rings is 1. The molecule has 0 spiro atoms. The van der Waals surface area contributed by atoms with Gasteiger partial charge in [-0.2, -0.15) is 0 Å². The average Bonchev–Trinajstić information content (AvgIpc) is 2.95. The first kappa shape index (κ1) is 15.7. The summed E-state index contributed by atoms with van der Waals surface area (Å²) in [4.78, 5) is 12.5. The van der Waals surface area contributed by atoms with Crippen LogP contribution < -0.4 is 10.6 Å². The first-order valence-electron chi connectivity index (χ1n) is 7.78. The Morgan fingerprint density at radius 3 is 2.91 bits per heavy atom. The highest BCUT2D eigenvalue weighted by Gasteiger charge is 2.42. The number of β-amino-alcohol motifs (C(OH)–C–C–N with tert-alkyl or cyclic N) is 1. The second-order valence-corrected chi connectivity index (χ2v) is 5.97. The van der Waals surface area contributed by atoms with E-state index in [-0.39, 0.29) is 12.3 Å². The minimum absolute atomic E-state index is 0.107. The zero-order valence-electron chi connectivity index (χ0n) is 13.1. The van der Waals surface area contributed by atoms with Crippen LogP contribution in [0.25, 0.3) is 0 Å². The quantitative estimate of drug-likeness (QED) is 0.780. The lowest BCUT2D eigenvalue weighted by Gasteiger charge is -2.43. The van der Waals surface area contributed by atoms with Crippen LogP contribution in [0.5, 0.6) is 0 Å². The summed E-state index contributed by atoms with van der Waals surface area (Å²) in [7, 11) is 0. The maximum atomic E-state index is 12.5. The largest absolute Gasteiger partial charge is 0.389 e. The predicted octanol–water partition coefficient (Wildman–Crippen LogP) is 0.891. The molecule has 1 aromatic heterocycles. The minimum Gasteiger partial charge on any atom is -0.389 e. The van der Waals surface area contributed by atoms with Crippen LogP contribution in [0.2, 0.25) is 0 Å². The first-order chi connectivity index (χ1) is 11.1. The smallest absolute Gasteiger partial charge is 0.228 e. The van der Waals surface area contributed by atoms with Crippen molar-refractivity contribution in [1.29, 1.82) is 0 Å². The number of aliphatic hydroxyl groups is 1. The minimum atomic E-state index is -0.779. The molecule has 0 radical (unpaired) electrons. The number of benzene rings is 1. The number of nitrogens with zero attached hydrogens (tertiary/aromatic N) is 1. The number of carbonyl (C=O) groups excluding carboxylic acids is 1. The van der Waals surface area contributed by atoms with Crippen LogP contribution in [0.1, 0.15) is 23.4 Å². The zero-order chi connectivity index (χ0) is 16.3. The van der Waals surface area contributed by atoms with E-state index in [4.69, 9.17) is 4.52 Å². The van der Waals surface area contributed by atoms with Crippen LogP contribution >= 0.6 is 0 Å². The summed E-state index contributed by atoms with van der Waals surface area (Å²) in [5.41, 5.74) is 0.877. The van der Waals surface area contributed by atoms with Crippen molar-refractivity contribution in [3.05, 3.63) is 53.4 Å². The highest BCUT2D eigenvalue weighted by Crippen LogP contribution is 2.31. The second-order valence-electron chi connectivity index (χ2n) is 5.97. The van der Waals surface area contributed by atoms with Gasteiger partial charge in [-0.15, -0.1) is 0 Å². The van der Waals surface area contributed by atoms with E-state index in [9.17, 15) is 9.90 Å². The Morgan fingerprint density at radius 2 is 2.26 bits per heavy atom. The molecule has 6 nitrogen and oxygen atoms in total. The molecule has 2 heterocycles. The molecule has 0 unspecified atom stereocenters. The van der Waals surface area contributed by atoms with Crippen molar-refractivity contribution in [2.75, 3.05) is 13.1 Å². The second kappa shape index (κ2) is 6.52. The third kappa shape index (κ3) is 3.28. The van der Waals surface area contributed by atoms with Crippen LogP contribution in [0.4, 0.5) is 0 Å². The Balaban J connectivity index is 1.83. The van der Waals surface area contributed by atoms with Crippen molar-refractivity contribution in [3.8, 4) is 0 Å². The summed E-state index contributed by atoms with van der Waals surface area (Å²) < 4.78 is 5.10. The van der Waals surface area contributed by atoms with Crippen molar-refractivity contribution in [2.45, 2.75) is 31.4 Å². The number of aliphatic hydroxyl groups excluding tert-OH is 1. The van der Waals surface area contributed by atoms with Crippen LogP contribution in [0.3, 0.4) is 0 Å². The predicted molar refractivity (Wildman–Crippen MR) is 84.7 cm³/mol. The van der Waals surface area contributed by atoms with Gasteiger partial charge < -0.3 is 20.3 Å². The molecule has 1 aliphatic heterocycles. The van der Waals surface area contributed by atoms with Gasteiger partial charge >= 0.3 is 0 Å². The lowest BCUT2D eigenvalue weighted by molar-refractivity contribution is -0.125. The summed E-state index contributed by atoms with van der Waals surface area (Å²) >= 11 is 0. The number of hydrogen-bond acceptors (Lipinski definition) is 5. The van der Waals surface area contributed by atoms with Gasteiger partial charge in [0.2, 0.25) is 5.91 Å². The van der Waals surface area contributed by atoms with Crippen molar-refractivity contribution in [1.82, 2.24) is 15.8 Å². The van der Waals surface area contributed by atoms with Gasteiger partial charge in [-0.25, -0.2) is 0 Å². The Bertz CT molecular complexity index is 671. The SMILES string of the molecule is Cc1cc(CC(=O)N[C@]2(c3ccccc3)CCNC[C@H]2O)on1. The van der Waals surface area contributed by atoms with Crippen molar-refractivity contribution in [3.63, 3.8) is 0 Å². The van der Waals surface area contributed by atoms with Crippen LogP contribution in [-0.2, 0) is 16.8 Å². The fraction of sp³-hybridized carbons (Fsp3) is 0.412. The molecule has 2 atom stereocenters. The molecule has 1 aliphatic rings. The third-order valence-electron chi connectivity index (χ3n) is 4.27. The van der Waals surface area contributed by atoms with E-state index in [1.165, 1.54) is 0 Å². The number of carbonyl (C=O) groups is 1. The average molecular weight is 315 g/mol. The molecule has 3 rings (SSSR count). The number of rotatable bonds is 4. The van der Waals surface area contributed by atoms with Gasteiger partial charge in [0.05, 0.1) is 23.8 Å². The van der Waals surface area contributed by atoms with Gasteiger partial charge in [0.1, 0.15) is 5.76 Å². The molecular weight excluding hydrogens is 294 g/mol. The Kier molecular flexibility index (Phi) is 4.45. The molecule has 23 heavy (non-hydrogen) atoms. The highest BCUT2D eigenvalue weighted by molar-refractivity contribution is 5.79. The van der Waals surface area contributed by atoms with Crippen molar-refractivity contribution in [2.24, 2.45) is 0 Å². The van der Waals surface area contributed by atoms with Gasteiger partial charge in [0.25, 0.3) is 0 Å². The number of amides is 1. The third-order valence-corrected chi connectivity index (χ3v) is 4.27. The molecule has 6 heteroatoms. The van der Waals surface area contributed by atoms with Crippen LogP contribution in [-0.4, -0.2) is 35.4 Å². The van der Waals surface area contributed by atoms with E-state index in [2.05, 4.69) is 15.8 Å². The normalized spacial score (nSPS) is 24.3. The van der Waals surface area contributed by atoms with Crippen molar-refractivity contribution < 1.29 is 14.4 Å². The molecule has 1 saturated heterocycles. The molecular formula is C17H21N3O3. The van der Waals surface area contributed by atoms with Gasteiger partial charge in [-0.3, -0.25) is 4.79 Å². The maximum Gasteiger partial charge on any atom is 0.228 e. The van der Waals surface area contributed by atoms with E-state index in [1.54, 1.807) is 6.07 Å². The lowest BCUT2D eigenvalue weighted by atomic mass is 9.79. The van der Waals surface area contributed by atoms with E-state index < -0.39 is 11.6 Å². The van der Waals surface area contributed by atoms with E-state index >= 15 is 0 Å². The fourth-order valence-electron chi connectivity index (χ4n) is 3.11. The zero-order valence-corrected chi connectivity index (χ0v) is 13.1. The Hall–Kier alpha value is -2.18. The Morgan fingerprint density at radius 1 is 1.48 bits per heavy atom. The maximum absolute atomic E-state index is 12.5. The topological polar surface area (TPSA) is 87.4 Å². The summed E-state index contributed by atoms with van der Waals surface area (Å²) in [5.74, 6) is 0.331. The molecule has 0 bridgehead atoms. The molecule has 0 aliphatic carbocycles. The molecule has 1 fully saturated rings. The molecule has 1 aromatic carbocycles. The molecule has 0 saturated carbocycles. The molecule has 2 aromatic rings. The first-order valence-corrected chi connectivity index (χ1v) is 7.78. The summed E-state index contributed by atoms with van der Waals surface area (Å²) in [5, 5.41) is 20.6. The lowest BCUT2D eigenvalue weighted by Crippen LogP contribution is -2.61. The van der Waals surface area contributed by atoms with Crippen molar-refractivity contribution >= 4 is 5.91 Å². The number of aromatic nitrogens is 1. The molecule has 122 valence electrons. The van der Waals surface area contributed by atoms with Gasteiger partial charge in [-0.05, 0) is 25.5 Å². The van der Waals surface area contributed by atoms with E-state index in [1.807, 2.05) is 37.3 Å². The monoisotopic (exact) mass is 315 g/mol. The van der Waals surface area contributed by atoms with Gasteiger partial charge in [0, 0.05) is 12.6 Å². The summed E-state index contributed by atoms with van der Waals surface area (Å²) in [6, 6.07) is 11.4. The van der Waals surface area contributed by atoms with E-state index in [0.717, 1.165) is 17.8 Å². The van der Waals surface area contributed by atoms with E-state index in [0.29, 0.717) is 18.7 Å². The molecule has 1 amide bonds. The summed E-state index contributed by atoms with van der Waals surface area (Å²) in [6.07, 6.45) is 0.0358. The number of aryl methyl sites for hydroxylation is 1. The standard InChI is InChI=1S/C17H21N3O3/c1-12-9-14(23-20-12)10-16(22)19-17(7-8-18-11-15(17)21)13-5-3-2-4-6-13/h2-6,9,15,18,21H,7-8,10-11H2,1H3,(H,19,22)/t15-,17+/m1/s1. The Labute approximate surface area is 134 Å². The molecule has 3 N–H and O–H groups in total. The summed E-state index contributed by atoms with van der Waals surface area (Å²) in [6.45, 7) is 2.98. The van der Waals surface area contributed by atoms with Crippen LogP contribution in [0.15, 0.2) is 40.9 Å².